The first kappa shape index (κ1) is 20.7. The quantitative estimate of drug-likeness (QED) is 0.687. The van der Waals surface area contributed by atoms with Gasteiger partial charge in [-0.25, -0.2) is 0 Å². The summed E-state index contributed by atoms with van der Waals surface area (Å²) in [4.78, 5) is 38.2. The number of thiophene rings is 1. The Hall–Kier alpha value is -3.07. The number of methoxy groups -OCH3 is 2. The molecule has 2 amide bonds. The zero-order chi connectivity index (χ0) is 20.8. The van der Waals surface area contributed by atoms with Gasteiger partial charge in [-0.05, 0) is 41.1 Å². The minimum atomic E-state index is -0.660. The molecule has 0 saturated heterocycles. The number of carbonyl (C=O) groups is 3. The summed E-state index contributed by atoms with van der Waals surface area (Å²) >= 11 is 1.28. The smallest absolute Gasteiger partial charge is 0.325 e. The van der Waals surface area contributed by atoms with E-state index in [-0.39, 0.29) is 25.0 Å². The zero-order valence-corrected chi connectivity index (χ0v) is 17.0. The molecule has 0 aliphatic carbocycles. The maximum atomic E-state index is 12.4. The highest BCUT2D eigenvalue weighted by molar-refractivity contribution is 7.12. The van der Waals surface area contributed by atoms with Gasteiger partial charge in [-0.2, -0.15) is 0 Å². The van der Waals surface area contributed by atoms with Gasteiger partial charge in [0.15, 0.2) is 18.1 Å². The van der Waals surface area contributed by atoms with Crippen LogP contribution in [0.2, 0.25) is 0 Å². The molecule has 0 bridgehead atoms. The normalized spacial score (nSPS) is 12.7. The number of hydrogen-bond acceptors (Lipinski definition) is 7. The summed E-state index contributed by atoms with van der Waals surface area (Å²) in [5.74, 6) is -0.0336. The summed E-state index contributed by atoms with van der Waals surface area (Å²) in [6.07, 6.45) is 0.673. The van der Waals surface area contributed by atoms with Crippen molar-refractivity contribution in [2.45, 2.75) is 13.0 Å². The average molecular weight is 418 g/mol. The van der Waals surface area contributed by atoms with Crippen LogP contribution in [-0.4, -0.2) is 56.6 Å². The van der Waals surface area contributed by atoms with Crippen molar-refractivity contribution in [1.29, 1.82) is 0 Å². The Kier molecular flexibility index (Phi) is 6.71. The molecule has 9 heteroatoms. The van der Waals surface area contributed by atoms with Crippen molar-refractivity contribution < 1.29 is 28.6 Å². The summed E-state index contributed by atoms with van der Waals surface area (Å²) < 4.78 is 15.6. The fourth-order valence-electron chi connectivity index (χ4n) is 3.03. The summed E-state index contributed by atoms with van der Waals surface area (Å²) in [5, 5.41) is 4.24. The number of carbonyl (C=O) groups excluding carboxylic acids is 3. The van der Waals surface area contributed by atoms with Crippen molar-refractivity contribution >= 4 is 29.1 Å². The first-order valence-corrected chi connectivity index (χ1v) is 9.88. The molecule has 2 aromatic rings. The third kappa shape index (κ3) is 5.05. The molecule has 2 heterocycles. The number of ether oxygens (including phenoxy) is 3. The van der Waals surface area contributed by atoms with Crippen LogP contribution in [0.3, 0.4) is 0 Å². The highest BCUT2D eigenvalue weighted by Gasteiger charge is 2.23. The van der Waals surface area contributed by atoms with Crippen LogP contribution in [0.15, 0.2) is 29.6 Å². The van der Waals surface area contributed by atoms with E-state index in [1.54, 1.807) is 36.6 Å². The fraction of sp³-hybridized carbons (Fsp3) is 0.350. The van der Waals surface area contributed by atoms with Crippen molar-refractivity contribution in [1.82, 2.24) is 10.2 Å². The van der Waals surface area contributed by atoms with E-state index in [4.69, 9.17) is 14.2 Å². The van der Waals surface area contributed by atoms with E-state index in [1.165, 1.54) is 11.3 Å². The molecule has 0 spiro atoms. The lowest BCUT2D eigenvalue weighted by Crippen LogP contribution is -2.39. The van der Waals surface area contributed by atoms with Gasteiger partial charge in [0.25, 0.3) is 11.8 Å². The van der Waals surface area contributed by atoms with E-state index in [0.29, 0.717) is 35.9 Å². The van der Waals surface area contributed by atoms with E-state index < -0.39 is 5.97 Å². The van der Waals surface area contributed by atoms with Gasteiger partial charge < -0.3 is 24.4 Å². The SMILES string of the molecule is COc1cc2c(cc1OC)CN(C(=O)COC(=O)CNC(=O)c1cccs1)CC2. The van der Waals surface area contributed by atoms with Gasteiger partial charge >= 0.3 is 5.97 Å². The Bertz CT molecular complexity index is 897. The standard InChI is InChI=1S/C20H22N2O6S/c1-26-15-8-13-5-6-22(11-14(13)9-16(15)27-2)18(23)12-28-19(24)10-21-20(25)17-4-3-7-29-17/h3-4,7-9H,5-6,10-12H2,1-2H3,(H,21,25). The summed E-state index contributed by atoms with van der Waals surface area (Å²) in [7, 11) is 3.15. The van der Waals surface area contributed by atoms with Gasteiger partial charge in [0, 0.05) is 13.1 Å². The lowest BCUT2D eigenvalue weighted by Gasteiger charge is -2.29. The van der Waals surface area contributed by atoms with Crippen LogP contribution in [0.1, 0.15) is 20.8 Å². The molecule has 0 radical (unpaired) electrons. The first-order chi connectivity index (χ1) is 14.0. The number of benzene rings is 1. The number of hydrogen-bond donors (Lipinski definition) is 1. The Balaban J connectivity index is 1.49. The molecule has 0 unspecified atom stereocenters. The predicted octanol–water partition coefficient (Wildman–Crippen LogP) is 1.62. The number of nitrogens with one attached hydrogen (secondary N) is 1. The lowest BCUT2D eigenvalue weighted by molar-refractivity contribution is -0.151. The van der Waals surface area contributed by atoms with Gasteiger partial charge in [0.1, 0.15) is 6.54 Å². The molecule has 1 N–H and O–H groups in total. The van der Waals surface area contributed by atoms with Crippen LogP contribution < -0.4 is 14.8 Å². The summed E-state index contributed by atoms with van der Waals surface area (Å²) in [5.41, 5.74) is 2.07. The van der Waals surface area contributed by atoms with Crippen LogP contribution >= 0.6 is 11.3 Å². The number of fused-ring (bicyclic) bond motifs is 1. The van der Waals surface area contributed by atoms with Crippen molar-refractivity contribution in [3.8, 4) is 11.5 Å². The molecule has 1 aromatic carbocycles. The molecule has 0 saturated carbocycles. The maximum absolute atomic E-state index is 12.4. The highest BCUT2D eigenvalue weighted by Crippen LogP contribution is 2.33. The zero-order valence-electron chi connectivity index (χ0n) is 16.2. The Labute approximate surface area is 172 Å². The van der Waals surface area contributed by atoms with Gasteiger partial charge in [-0.1, -0.05) is 6.07 Å². The topological polar surface area (TPSA) is 94.2 Å². The fourth-order valence-corrected chi connectivity index (χ4v) is 3.67. The Morgan fingerprint density at radius 2 is 1.86 bits per heavy atom. The van der Waals surface area contributed by atoms with Gasteiger partial charge in [0.05, 0.1) is 19.1 Å². The second-order valence-electron chi connectivity index (χ2n) is 6.36. The third-order valence-corrected chi connectivity index (χ3v) is 5.43. The molecule has 8 nitrogen and oxygen atoms in total. The van der Waals surface area contributed by atoms with Crippen LogP contribution in [0.5, 0.6) is 11.5 Å². The van der Waals surface area contributed by atoms with Crippen LogP contribution in [0, 0.1) is 0 Å². The van der Waals surface area contributed by atoms with Crippen molar-refractivity contribution in [3.05, 3.63) is 45.6 Å². The molecule has 3 rings (SSSR count). The third-order valence-electron chi connectivity index (χ3n) is 4.57. The Morgan fingerprint density at radius 1 is 1.14 bits per heavy atom. The van der Waals surface area contributed by atoms with E-state index in [0.717, 1.165) is 11.1 Å². The molecule has 154 valence electrons. The van der Waals surface area contributed by atoms with E-state index in [9.17, 15) is 14.4 Å². The number of nitrogens with zero attached hydrogens (tertiary/aromatic N) is 1. The molecule has 1 aromatic heterocycles. The molecule has 1 aliphatic rings. The van der Waals surface area contributed by atoms with E-state index >= 15 is 0 Å². The molecule has 0 atom stereocenters. The predicted molar refractivity (Wildman–Crippen MR) is 106 cm³/mol. The summed E-state index contributed by atoms with van der Waals surface area (Å²) in [6.45, 7) is 0.273. The number of amides is 2. The highest BCUT2D eigenvalue weighted by atomic mass is 32.1. The lowest BCUT2D eigenvalue weighted by atomic mass is 9.99. The summed E-state index contributed by atoms with van der Waals surface area (Å²) in [6, 6.07) is 7.19. The largest absolute Gasteiger partial charge is 0.493 e. The van der Waals surface area contributed by atoms with Gasteiger partial charge in [0.2, 0.25) is 0 Å². The minimum absolute atomic E-state index is 0.288. The van der Waals surface area contributed by atoms with Crippen LogP contribution in [0.25, 0.3) is 0 Å². The average Bonchev–Trinajstić information content (AvgIpc) is 3.29. The molecule has 29 heavy (non-hydrogen) atoms. The van der Waals surface area contributed by atoms with Crippen molar-refractivity contribution in [2.75, 3.05) is 33.9 Å². The van der Waals surface area contributed by atoms with Gasteiger partial charge in [-0.15, -0.1) is 11.3 Å². The van der Waals surface area contributed by atoms with E-state index in [1.807, 2.05) is 12.1 Å². The van der Waals surface area contributed by atoms with Crippen molar-refractivity contribution in [2.24, 2.45) is 0 Å². The van der Waals surface area contributed by atoms with Crippen LogP contribution in [-0.2, 0) is 27.3 Å². The van der Waals surface area contributed by atoms with E-state index in [2.05, 4.69) is 5.32 Å². The number of esters is 1. The first-order valence-electron chi connectivity index (χ1n) is 9.00. The maximum Gasteiger partial charge on any atom is 0.325 e. The second-order valence-corrected chi connectivity index (χ2v) is 7.31. The van der Waals surface area contributed by atoms with Gasteiger partial charge in [-0.3, -0.25) is 14.4 Å². The monoisotopic (exact) mass is 418 g/mol. The second kappa shape index (κ2) is 9.42. The number of rotatable bonds is 7. The molecular formula is C20H22N2O6S. The molecular weight excluding hydrogens is 396 g/mol. The minimum Gasteiger partial charge on any atom is -0.493 e. The molecule has 0 fully saturated rings. The Morgan fingerprint density at radius 3 is 2.52 bits per heavy atom. The van der Waals surface area contributed by atoms with Crippen LogP contribution in [0.4, 0.5) is 0 Å². The van der Waals surface area contributed by atoms with Crippen molar-refractivity contribution in [3.63, 3.8) is 0 Å². The molecule has 1 aliphatic heterocycles.